The molecule has 0 saturated carbocycles. The summed E-state index contributed by atoms with van der Waals surface area (Å²) in [6.07, 6.45) is -4.32. The number of benzene rings is 1. The summed E-state index contributed by atoms with van der Waals surface area (Å²) in [6.45, 7) is 0.572. The first kappa shape index (κ1) is 16.2. The molecule has 0 fully saturated rings. The van der Waals surface area contributed by atoms with Crippen LogP contribution in [-0.2, 0) is 6.54 Å². The Bertz CT molecular complexity index is 488. The van der Waals surface area contributed by atoms with E-state index in [1.54, 1.807) is 6.92 Å². The molecular formula is C12H15F4N3O. The van der Waals surface area contributed by atoms with Crippen molar-refractivity contribution in [1.29, 1.82) is 0 Å². The molecule has 4 nitrogen and oxygen atoms in total. The van der Waals surface area contributed by atoms with Crippen LogP contribution in [0.25, 0.3) is 0 Å². The number of nitrogens with two attached hydrogens (primary N) is 1. The summed E-state index contributed by atoms with van der Waals surface area (Å²) in [5.41, 5.74) is 5.77. The third-order valence-electron chi connectivity index (χ3n) is 2.62. The van der Waals surface area contributed by atoms with Gasteiger partial charge in [0.2, 0.25) is 0 Å². The number of nitrogens with zero attached hydrogens (tertiary/aromatic N) is 2. The van der Waals surface area contributed by atoms with Gasteiger partial charge in [-0.2, -0.15) is 13.2 Å². The van der Waals surface area contributed by atoms with Gasteiger partial charge >= 0.3 is 6.18 Å². The molecule has 1 aromatic rings. The van der Waals surface area contributed by atoms with Crippen molar-refractivity contribution < 1.29 is 22.8 Å². The van der Waals surface area contributed by atoms with E-state index in [9.17, 15) is 17.6 Å². The van der Waals surface area contributed by atoms with Crippen molar-refractivity contribution in [3.05, 3.63) is 35.1 Å². The lowest BCUT2D eigenvalue weighted by molar-refractivity contribution is -0.146. The molecule has 0 aliphatic heterocycles. The Labute approximate surface area is 113 Å². The monoisotopic (exact) mass is 293 g/mol. The van der Waals surface area contributed by atoms with Crippen LogP contribution in [0.15, 0.2) is 23.4 Å². The van der Waals surface area contributed by atoms with Crippen molar-refractivity contribution in [3.63, 3.8) is 0 Å². The van der Waals surface area contributed by atoms with Gasteiger partial charge in [0.05, 0.1) is 6.54 Å². The summed E-state index contributed by atoms with van der Waals surface area (Å²) in [6, 6.07) is 3.54. The highest BCUT2D eigenvalue weighted by Gasteiger charge is 2.30. The van der Waals surface area contributed by atoms with Crippen molar-refractivity contribution in [2.45, 2.75) is 19.6 Å². The van der Waals surface area contributed by atoms with Gasteiger partial charge in [-0.1, -0.05) is 12.1 Å². The van der Waals surface area contributed by atoms with E-state index in [-0.39, 0.29) is 24.5 Å². The lowest BCUT2D eigenvalue weighted by Crippen LogP contribution is -2.33. The highest BCUT2D eigenvalue weighted by atomic mass is 19.4. The van der Waals surface area contributed by atoms with Gasteiger partial charge in [-0.15, -0.1) is 0 Å². The minimum atomic E-state index is -4.32. The number of alkyl halides is 3. The molecule has 3 N–H and O–H groups in total. The van der Waals surface area contributed by atoms with Crippen LogP contribution in [0.3, 0.4) is 0 Å². The highest BCUT2D eigenvalue weighted by Crippen LogP contribution is 2.19. The predicted octanol–water partition coefficient (Wildman–Crippen LogP) is 2.30. The van der Waals surface area contributed by atoms with E-state index in [0.717, 1.165) is 17.0 Å². The quantitative estimate of drug-likeness (QED) is 0.288. The summed E-state index contributed by atoms with van der Waals surface area (Å²) < 4.78 is 50.4. The summed E-state index contributed by atoms with van der Waals surface area (Å²) in [5, 5.41) is 11.3. The molecule has 0 aliphatic rings. The second-order valence-corrected chi connectivity index (χ2v) is 4.25. The van der Waals surface area contributed by atoms with Gasteiger partial charge in [-0.05, 0) is 30.3 Å². The number of hydrogen-bond donors (Lipinski definition) is 2. The second kappa shape index (κ2) is 6.56. The van der Waals surface area contributed by atoms with Crippen molar-refractivity contribution >= 4 is 5.84 Å². The Morgan fingerprint density at radius 1 is 1.35 bits per heavy atom. The van der Waals surface area contributed by atoms with E-state index >= 15 is 0 Å². The van der Waals surface area contributed by atoms with Crippen molar-refractivity contribution in [3.8, 4) is 0 Å². The zero-order chi connectivity index (χ0) is 15.3. The fourth-order valence-corrected chi connectivity index (χ4v) is 1.74. The molecule has 0 atom stereocenters. The SMILES string of the molecule is CCN(Cc1cc(F)cc(/C(N)=N/O)c1)CC(F)(F)F. The van der Waals surface area contributed by atoms with Crippen LogP contribution < -0.4 is 5.73 Å². The molecule has 8 heteroatoms. The van der Waals surface area contributed by atoms with E-state index in [1.165, 1.54) is 6.07 Å². The normalized spacial score (nSPS) is 13.0. The van der Waals surface area contributed by atoms with Crippen LogP contribution in [0.1, 0.15) is 18.1 Å². The van der Waals surface area contributed by atoms with Crippen LogP contribution in [0.4, 0.5) is 17.6 Å². The molecular weight excluding hydrogens is 278 g/mol. The van der Waals surface area contributed by atoms with Crippen LogP contribution in [0.2, 0.25) is 0 Å². The van der Waals surface area contributed by atoms with Gasteiger partial charge < -0.3 is 10.9 Å². The van der Waals surface area contributed by atoms with E-state index in [4.69, 9.17) is 10.9 Å². The van der Waals surface area contributed by atoms with Crippen LogP contribution in [-0.4, -0.2) is 35.2 Å². The zero-order valence-corrected chi connectivity index (χ0v) is 10.8. The number of rotatable bonds is 5. The van der Waals surface area contributed by atoms with Gasteiger partial charge in [-0.25, -0.2) is 4.39 Å². The van der Waals surface area contributed by atoms with Crippen LogP contribution >= 0.6 is 0 Å². The zero-order valence-electron chi connectivity index (χ0n) is 10.8. The molecule has 1 aromatic carbocycles. The van der Waals surface area contributed by atoms with Gasteiger partial charge in [0.15, 0.2) is 5.84 Å². The smallest absolute Gasteiger partial charge is 0.401 e. The number of hydrogen-bond acceptors (Lipinski definition) is 3. The second-order valence-electron chi connectivity index (χ2n) is 4.25. The molecule has 0 aromatic heterocycles. The minimum Gasteiger partial charge on any atom is -0.409 e. The lowest BCUT2D eigenvalue weighted by atomic mass is 10.1. The van der Waals surface area contributed by atoms with E-state index in [2.05, 4.69) is 5.16 Å². The van der Waals surface area contributed by atoms with Crippen molar-refractivity contribution in [2.24, 2.45) is 10.9 Å². The van der Waals surface area contributed by atoms with Crippen LogP contribution in [0, 0.1) is 5.82 Å². The maximum absolute atomic E-state index is 13.4. The molecule has 0 saturated heterocycles. The Morgan fingerprint density at radius 2 is 2.00 bits per heavy atom. The minimum absolute atomic E-state index is 0.0839. The van der Waals surface area contributed by atoms with Gasteiger partial charge in [0.1, 0.15) is 5.82 Å². The Balaban J connectivity index is 2.93. The standard InChI is InChI=1S/C12H15F4N3O/c1-2-19(7-12(14,15)16)6-8-3-9(11(17)18-20)5-10(13)4-8/h3-5,20H,2,6-7H2,1H3,(H2,17,18). The topological polar surface area (TPSA) is 61.8 Å². The first-order valence-corrected chi connectivity index (χ1v) is 5.81. The fraction of sp³-hybridized carbons (Fsp3) is 0.417. The van der Waals surface area contributed by atoms with Crippen molar-refractivity contribution in [2.75, 3.05) is 13.1 Å². The van der Waals surface area contributed by atoms with Gasteiger partial charge in [0, 0.05) is 12.1 Å². The number of amidine groups is 1. The highest BCUT2D eigenvalue weighted by molar-refractivity contribution is 5.97. The summed E-state index contributed by atoms with van der Waals surface area (Å²) in [7, 11) is 0. The van der Waals surface area contributed by atoms with Gasteiger partial charge in [-0.3, -0.25) is 4.90 Å². The summed E-state index contributed by atoms with van der Waals surface area (Å²) >= 11 is 0. The molecule has 0 spiro atoms. The molecule has 0 amide bonds. The predicted molar refractivity (Wildman–Crippen MR) is 65.9 cm³/mol. The Kier molecular flexibility index (Phi) is 5.32. The third-order valence-corrected chi connectivity index (χ3v) is 2.62. The average molecular weight is 293 g/mol. The molecule has 20 heavy (non-hydrogen) atoms. The number of halogens is 4. The molecule has 0 bridgehead atoms. The third kappa shape index (κ3) is 5.04. The largest absolute Gasteiger partial charge is 0.409 e. The molecule has 0 radical (unpaired) electrons. The lowest BCUT2D eigenvalue weighted by Gasteiger charge is -2.22. The fourth-order valence-electron chi connectivity index (χ4n) is 1.74. The summed E-state index contributed by atoms with van der Waals surface area (Å²) in [4.78, 5) is 1.12. The maximum Gasteiger partial charge on any atom is 0.401 e. The molecule has 112 valence electrons. The first-order chi connectivity index (χ1) is 9.25. The number of oxime groups is 1. The molecule has 1 rings (SSSR count). The summed E-state index contributed by atoms with van der Waals surface area (Å²) in [5.74, 6) is -0.961. The Hall–Kier alpha value is -1.83. The van der Waals surface area contributed by atoms with Gasteiger partial charge in [0.25, 0.3) is 0 Å². The Morgan fingerprint density at radius 3 is 2.50 bits per heavy atom. The first-order valence-electron chi connectivity index (χ1n) is 5.81. The molecule has 0 unspecified atom stereocenters. The maximum atomic E-state index is 13.4. The van der Waals surface area contributed by atoms with Crippen molar-refractivity contribution in [1.82, 2.24) is 4.90 Å². The van der Waals surface area contributed by atoms with Crippen LogP contribution in [0.5, 0.6) is 0 Å². The molecule has 0 aliphatic carbocycles. The molecule has 0 heterocycles. The van der Waals surface area contributed by atoms with E-state index < -0.39 is 18.5 Å². The average Bonchev–Trinajstić information content (AvgIpc) is 2.34. The van der Waals surface area contributed by atoms with E-state index in [0.29, 0.717) is 5.56 Å². The van der Waals surface area contributed by atoms with E-state index in [1.807, 2.05) is 0 Å².